The van der Waals surface area contributed by atoms with E-state index in [0.717, 1.165) is 20.7 Å². The molecule has 0 bridgehead atoms. The monoisotopic (exact) mass is 304 g/mol. The van der Waals surface area contributed by atoms with Crippen molar-refractivity contribution in [3.05, 3.63) is 42.1 Å². The summed E-state index contributed by atoms with van der Waals surface area (Å²) in [5.74, 6) is 0.111. The molecule has 0 unspecified atom stereocenters. The standard InChI is InChI=1S/C15H13FN2O2S/c1-2-20-12-5-9(16)3-4-10(12)15-11(7-19)14-13(21-15)6-17-8-18-14/h3-6,8,19H,2,7H2,1H3. The first-order valence-corrected chi connectivity index (χ1v) is 7.31. The molecule has 2 aromatic heterocycles. The molecule has 2 heterocycles. The van der Waals surface area contributed by atoms with Crippen LogP contribution in [0.4, 0.5) is 4.39 Å². The average Bonchev–Trinajstić information content (AvgIpc) is 2.86. The van der Waals surface area contributed by atoms with Crippen molar-refractivity contribution in [1.82, 2.24) is 9.97 Å². The second kappa shape index (κ2) is 5.75. The van der Waals surface area contributed by atoms with E-state index in [1.807, 2.05) is 6.92 Å². The molecule has 6 heteroatoms. The lowest BCUT2D eigenvalue weighted by molar-refractivity contribution is 0.284. The fraction of sp³-hybridized carbons (Fsp3) is 0.200. The minimum Gasteiger partial charge on any atom is -0.493 e. The highest BCUT2D eigenvalue weighted by Crippen LogP contribution is 2.41. The Kier molecular flexibility index (Phi) is 3.81. The van der Waals surface area contributed by atoms with Gasteiger partial charge in [0.25, 0.3) is 0 Å². The fourth-order valence-electron chi connectivity index (χ4n) is 2.22. The Labute approximate surface area is 124 Å². The summed E-state index contributed by atoms with van der Waals surface area (Å²) in [6, 6.07) is 4.41. The minimum atomic E-state index is -0.353. The normalized spacial score (nSPS) is 11.0. The van der Waals surface area contributed by atoms with Crippen LogP contribution in [0.25, 0.3) is 20.7 Å². The van der Waals surface area contributed by atoms with Crippen LogP contribution >= 0.6 is 11.3 Å². The maximum Gasteiger partial charge on any atom is 0.130 e. The topological polar surface area (TPSA) is 55.2 Å². The first-order valence-electron chi connectivity index (χ1n) is 6.49. The van der Waals surface area contributed by atoms with Crippen molar-refractivity contribution < 1.29 is 14.2 Å². The number of thiophene rings is 1. The van der Waals surface area contributed by atoms with Gasteiger partial charge in [0, 0.05) is 28.3 Å². The van der Waals surface area contributed by atoms with Gasteiger partial charge in [0.1, 0.15) is 17.9 Å². The van der Waals surface area contributed by atoms with Gasteiger partial charge in [-0.25, -0.2) is 14.4 Å². The van der Waals surface area contributed by atoms with Gasteiger partial charge >= 0.3 is 0 Å². The van der Waals surface area contributed by atoms with Gasteiger partial charge in [0.2, 0.25) is 0 Å². The summed E-state index contributed by atoms with van der Waals surface area (Å²) in [6.45, 7) is 2.14. The number of aromatic nitrogens is 2. The largest absolute Gasteiger partial charge is 0.493 e. The molecule has 0 aliphatic carbocycles. The number of halogens is 1. The summed E-state index contributed by atoms with van der Waals surface area (Å²) in [6.07, 6.45) is 3.16. The third-order valence-electron chi connectivity index (χ3n) is 3.10. The van der Waals surface area contributed by atoms with Crippen LogP contribution in [0.15, 0.2) is 30.7 Å². The van der Waals surface area contributed by atoms with Gasteiger partial charge in [0.05, 0.1) is 23.4 Å². The number of ether oxygens (including phenoxy) is 1. The predicted octanol–water partition coefficient (Wildman–Crippen LogP) is 3.39. The Balaban J connectivity index is 2.25. The van der Waals surface area contributed by atoms with Crippen LogP contribution in [0.3, 0.4) is 0 Å². The molecule has 0 amide bonds. The van der Waals surface area contributed by atoms with Crippen molar-refractivity contribution in [3.63, 3.8) is 0 Å². The lowest BCUT2D eigenvalue weighted by Crippen LogP contribution is -1.95. The second-order valence-corrected chi connectivity index (χ2v) is 5.43. The molecule has 3 rings (SSSR count). The highest BCUT2D eigenvalue weighted by atomic mass is 32.1. The number of hydrogen-bond acceptors (Lipinski definition) is 5. The van der Waals surface area contributed by atoms with E-state index in [1.54, 1.807) is 12.3 Å². The first kappa shape index (κ1) is 13.9. The fourth-order valence-corrected chi connectivity index (χ4v) is 3.39. The molecule has 0 spiro atoms. The number of benzene rings is 1. The van der Waals surface area contributed by atoms with Crippen LogP contribution in [-0.2, 0) is 6.61 Å². The van der Waals surface area contributed by atoms with Gasteiger partial charge in [0.15, 0.2) is 0 Å². The zero-order valence-electron chi connectivity index (χ0n) is 11.3. The van der Waals surface area contributed by atoms with Crippen molar-refractivity contribution in [2.24, 2.45) is 0 Å². The molecule has 0 aliphatic rings. The smallest absolute Gasteiger partial charge is 0.130 e. The van der Waals surface area contributed by atoms with Crippen molar-refractivity contribution >= 4 is 21.6 Å². The van der Waals surface area contributed by atoms with Gasteiger partial charge in [-0.05, 0) is 19.1 Å². The van der Waals surface area contributed by atoms with Crippen molar-refractivity contribution in [2.75, 3.05) is 6.61 Å². The lowest BCUT2D eigenvalue weighted by atomic mass is 10.1. The number of aliphatic hydroxyl groups excluding tert-OH is 1. The number of fused-ring (bicyclic) bond motifs is 1. The highest BCUT2D eigenvalue weighted by Gasteiger charge is 2.18. The summed E-state index contributed by atoms with van der Waals surface area (Å²) in [5, 5.41) is 9.67. The second-order valence-electron chi connectivity index (χ2n) is 4.38. The van der Waals surface area contributed by atoms with E-state index in [4.69, 9.17) is 4.74 Å². The van der Waals surface area contributed by atoms with Gasteiger partial charge in [-0.2, -0.15) is 0 Å². The summed E-state index contributed by atoms with van der Waals surface area (Å²) >= 11 is 1.46. The van der Waals surface area contributed by atoms with Crippen LogP contribution in [-0.4, -0.2) is 21.7 Å². The molecule has 1 N–H and O–H groups in total. The number of nitrogens with zero attached hydrogens (tertiary/aromatic N) is 2. The van der Waals surface area contributed by atoms with E-state index < -0.39 is 0 Å². The lowest BCUT2D eigenvalue weighted by Gasteiger charge is -2.10. The molecule has 108 valence electrons. The van der Waals surface area contributed by atoms with Crippen LogP contribution < -0.4 is 4.74 Å². The van der Waals surface area contributed by atoms with Gasteiger partial charge in [-0.1, -0.05) is 0 Å². The molecule has 3 aromatic rings. The molecule has 0 saturated carbocycles. The first-order chi connectivity index (χ1) is 10.2. The van der Waals surface area contributed by atoms with E-state index in [1.165, 1.54) is 29.8 Å². The van der Waals surface area contributed by atoms with E-state index >= 15 is 0 Å². The van der Waals surface area contributed by atoms with Crippen LogP contribution in [0.1, 0.15) is 12.5 Å². The Hall–Kier alpha value is -2.05. The van der Waals surface area contributed by atoms with E-state index in [-0.39, 0.29) is 12.4 Å². The molecule has 21 heavy (non-hydrogen) atoms. The third-order valence-corrected chi connectivity index (χ3v) is 4.29. The predicted molar refractivity (Wildman–Crippen MR) is 79.9 cm³/mol. The quantitative estimate of drug-likeness (QED) is 0.802. The minimum absolute atomic E-state index is 0.144. The zero-order chi connectivity index (χ0) is 14.8. The molecule has 0 atom stereocenters. The van der Waals surface area contributed by atoms with Crippen molar-refractivity contribution in [1.29, 1.82) is 0 Å². The zero-order valence-corrected chi connectivity index (χ0v) is 12.2. The van der Waals surface area contributed by atoms with E-state index in [2.05, 4.69) is 9.97 Å². The Bertz CT molecular complexity index is 788. The van der Waals surface area contributed by atoms with E-state index in [9.17, 15) is 9.50 Å². The Morgan fingerprint density at radius 3 is 3.00 bits per heavy atom. The highest BCUT2D eigenvalue weighted by molar-refractivity contribution is 7.22. The Morgan fingerprint density at radius 2 is 2.24 bits per heavy atom. The number of hydrogen-bond donors (Lipinski definition) is 1. The van der Waals surface area contributed by atoms with Crippen LogP contribution in [0, 0.1) is 5.82 Å². The SMILES string of the molecule is CCOc1cc(F)ccc1-c1sc2cncnc2c1CO. The van der Waals surface area contributed by atoms with Crippen LogP contribution in [0.2, 0.25) is 0 Å². The molecule has 4 nitrogen and oxygen atoms in total. The average molecular weight is 304 g/mol. The molecule has 0 radical (unpaired) electrons. The maximum atomic E-state index is 13.4. The molecule has 0 aliphatic heterocycles. The summed E-state index contributed by atoms with van der Waals surface area (Å²) in [5.41, 5.74) is 2.19. The molecular weight excluding hydrogens is 291 g/mol. The number of rotatable bonds is 4. The van der Waals surface area contributed by atoms with Gasteiger partial charge in [-0.3, -0.25) is 0 Å². The summed E-state index contributed by atoms with van der Waals surface area (Å²) in [4.78, 5) is 9.04. The summed E-state index contributed by atoms with van der Waals surface area (Å²) in [7, 11) is 0. The molecular formula is C15H13FN2O2S. The van der Waals surface area contributed by atoms with Crippen molar-refractivity contribution in [3.8, 4) is 16.2 Å². The van der Waals surface area contributed by atoms with Crippen molar-refractivity contribution in [2.45, 2.75) is 13.5 Å². The van der Waals surface area contributed by atoms with Gasteiger partial charge in [-0.15, -0.1) is 11.3 Å². The van der Waals surface area contributed by atoms with Gasteiger partial charge < -0.3 is 9.84 Å². The Morgan fingerprint density at radius 1 is 1.38 bits per heavy atom. The number of aliphatic hydroxyl groups is 1. The molecule has 0 fully saturated rings. The van der Waals surface area contributed by atoms with E-state index in [0.29, 0.717) is 17.9 Å². The summed E-state index contributed by atoms with van der Waals surface area (Å²) < 4.78 is 19.8. The maximum absolute atomic E-state index is 13.4. The third kappa shape index (κ3) is 2.48. The van der Waals surface area contributed by atoms with Crippen LogP contribution in [0.5, 0.6) is 5.75 Å². The molecule has 1 aromatic carbocycles. The molecule has 0 saturated heterocycles.